The Morgan fingerprint density at radius 1 is 1.14 bits per heavy atom. The monoisotopic (exact) mass is 300 g/mol. The van der Waals surface area contributed by atoms with E-state index in [2.05, 4.69) is 52.1 Å². The van der Waals surface area contributed by atoms with Crippen molar-refractivity contribution >= 4 is 17.6 Å². The minimum absolute atomic E-state index is 0.291. The third kappa shape index (κ3) is 3.34. The summed E-state index contributed by atoms with van der Waals surface area (Å²) in [4.78, 5) is 0. The van der Waals surface area contributed by atoms with Crippen LogP contribution in [-0.2, 0) is 6.42 Å². The molecule has 0 amide bonds. The largest absolute Gasteiger partial charge is 0.492 e. The summed E-state index contributed by atoms with van der Waals surface area (Å²) in [5.41, 5.74) is 2.49. The predicted molar refractivity (Wildman–Crippen MR) is 89.6 cm³/mol. The predicted octanol–water partition coefficient (Wildman–Crippen LogP) is 3.67. The fourth-order valence-electron chi connectivity index (χ4n) is 2.52. The first-order valence-corrected chi connectivity index (χ1v) is 8.24. The van der Waals surface area contributed by atoms with Gasteiger partial charge in [-0.1, -0.05) is 42.5 Å². The third-order valence-corrected chi connectivity index (χ3v) is 4.51. The van der Waals surface area contributed by atoms with E-state index in [0.717, 1.165) is 23.7 Å². The molecule has 1 unspecified atom stereocenters. The lowest BCUT2D eigenvalue weighted by atomic mass is 10.1. The van der Waals surface area contributed by atoms with Crippen molar-refractivity contribution in [3.05, 3.63) is 60.2 Å². The van der Waals surface area contributed by atoms with E-state index in [-0.39, 0.29) is 0 Å². The molecule has 0 aromatic heterocycles. The molecule has 1 heterocycles. The van der Waals surface area contributed by atoms with Crippen molar-refractivity contribution in [3.63, 3.8) is 0 Å². The number of para-hydroxylation sites is 2. The normalized spacial score (nSPS) is 18.0. The van der Waals surface area contributed by atoms with Gasteiger partial charge in [0.25, 0.3) is 0 Å². The van der Waals surface area contributed by atoms with Crippen LogP contribution >= 0.6 is 11.9 Å². The second kappa shape index (κ2) is 6.87. The maximum atomic E-state index is 5.77. The van der Waals surface area contributed by atoms with Gasteiger partial charge in [0, 0.05) is 6.42 Å². The highest BCUT2D eigenvalue weighted by molar-refractivity contribution is 8.00. The highest BCUT2D eigenvalue weighted by Gasteiger charge is 2.27. The lowest BCUT2D eigenvalue weighted by Crippen LogP contribution is -2.36. The lowest BCUT2D eigenvalue weighted by molar-refractivity contribution is 0.340. The number of benzene rings is 2. The van der Waals surface area contributed by atoms with E-state index >= 15 is 0 Å². The fraction of sp³-hybridized carbons (Fsp3) is 0.294. The summed E-state index contributed by atoms with van der Waals surface area (Å²) in [6, 6.07) is 18.9. The molecule has 1 aliphatic rings. The summed E-state index contributed by atoms with van der Waals surface area (Å²) < 4.78 is 8.10. The molecule has 1 atom stereocenters. The summed E-state index contributed by atoms with van der Waals surface area (Å²) in [5.74, 6) is 1.88. The van der Waals surface area contributed by atoms with Gasteiger partial charge in [-0.2, -0.15) is 0 Å². The van der Waals surface area contributed by atoms with Crippen LogP contribution in [0.15, 0.2) is 54.6 Å². The zero-order chi connectivity index (χ0) is 14.5. The van der Waals surface area contributed by atoms with E-state index in [4.69, 9.17) is 4.74 Å². The first kappa shape index (κ1) is 14.3. The van der Waals surface area contributed by atoms with Crippen LogP contribution in [-0.4, -0.2) is 18.6 Å². The van der Waals surface area contributed by atoms with E-state index in [9.17, 15) is 0 Å². The molecule has 110 valence electrons. The van der Waals surface area contributed by atoms with Crippen LogP contribution in [0.1, 0.15) is 12.5 Å². The summed E-state index contributed by atoms with van der Waals surface area (Å²) in [7, 11) is 0. The highest BCUT2D eigenvalue weighted by Crippen LogP contribution is 2.36. The molecule has 0 radical (unpaired) electrons. The summed E-state index contributed by atoms with van der Waals surface area (Å²) in [6.07, 6.45) is 1.27. The molecule has 1 aliphatic heterocycles. The Labute approximate surface area is 130 Å². The fourth-order valence-corrected chi connectivity index (χ4v) is 3.55. The standard InChI is InChI=1S/C17H20N2OS/c1-2-20-16-11-7-6-10-15(16)19-17(18-13-21-19)12-14-8-4-3-5-9-14/h3-11,17-18H,2,12-13H2,1H3. The minimum atomic E-state index is 0.291. The average Bonchev–Trinajstić information content (AvgIpc) is 2.97. The Morgan fingerprint density at radius 3 is 2.71 bits per heavy atom. The Hall–Kier alpha value is -1.65. The van der Waals surface area contributed by atoms with Crippen LogP contribution in [0.3, 0.4) is 0 Å². The van der Waals surface area contributed by atoms with Crippen molar-refractivity contribution < 1.29 is 4.74 Å². The number of nitrogens with one attached hydrogen (secondary N) is 1. The van der Waals surface area contributed by atoms with E-state index in [1.807, 2.05) is 19.1 Å². The van der Waals surface area contributed by atoms with E-state index in [1.165, 1.54) is 5.56 Å². The summed E-state index contributed by atoms with van der Waals surface area (Å²) in [6.45, 7) is 2.71. The van der Waals surface area contributed by atoms with Gasteiger partial charge >= 0.3 is 0 Å². The van der Waals surface area contributed by atoms with Gasteiger partial charge in [0.15, 0.2) is 0 Å². The number of rotatable bonds is 5. The zero-order valence-electron chi connectivity index (χ0n) is 12.2. The van der Waals surface area contributed by atoms with Crippen LogP contribution in [0.4, 0.5) is 5.69 Å². The molecule has 3 nitrogen and oxygen atoms in total. The van der Waals surface area contributed by atoms with Gasteiger partial charge in [0.1, 0.15) is 5.75 Å². The molecular formula is C17H20N2OS. The van der Waals surface area contributed by atoms with Crippen LogP contribution in [0, 0.1) is 0 Å². The zero-order valence-corrected chi connectivity index (χ0v) is 13.0. The molecule has 0 spiro atoms. The molecule has 1 saturated heterocycles. The Bertz CT molecular complexity index is 576. The summed E-state index contributed by atoms with van der Waals surface area (Å²) in [5, 5.41) is 3.56. The maximum absolute atomic E-state index is 5.77. The molecule has 3 rings (SSSR count). The maximum Gasteiger partial charge on any atom is 0.143 e. The molecule has 2 aromatic carbocycles. The molecule has 0 saturated carbocycles. The Morgan fingerprint density at radius 2 is 1.90 bits per heavy atom. The van der Waals surface area contributed by atoms with Crippen molar-refractivity contribution in [2.45, 2.75) is 19.5 Å². The highest BCUT2D eigenvalue weighted by atomic mass is 32.2. The molecule has 2 aromatic rings. The van der Waals surface area contributed by atoms with Gasteiger partial charge in [-0.25, -0.2) is 0 Å². The molecule has 0 aliphatic carbocycles. The summed E-state index contributed by atoms with van der Waals surface area (Å²) >= 11 is 1.81. The molecule has 1 N–H and O–H groups in total. The first-order valence-electron chi connectivity index (χ1n) is 7.30. The number of hydrogen-bond donors (Lipinski definition) is 1. The quantitative estimate of drug-likeness (QED) is 0.852. The number of anilines is 1. The Kier molecular flexibility index (Phi) is 4.68. The van der Waals surface area contributed by atoms with Crippen molar-refractivity contribution in [2.24, 2.45) is 0 Å². The smallest absolute Gasteiger partial charge is 0.143 e. The van der Waals surface area contributed by atoms with Crippen molar-refractivity contribution in [1.29, 1.82) is 0 Å². The molecular weight excluding hydrogens is 280 g/mol. The van der Waals surface area contributed by atoms with Gasteiger partial charge in [-0.3, -0.25) is 9.62 Å². The first-order chi connectivity index (χ1) is 10.4. The van der Waals surface area contributed by atoms with Crippen molar-refractivity contribution in [1.82, 2.24) is 5.32 Å². The van der Waals surface area contributed by atoms with Gasteiger partial charge in [-0.05, 0) is 36.6 Å². The molecule has 21 heavy (non-hydrogen) atoms. The third-order valence-electron chi connectivity index (χ3n) is 3.48. The van der Waals surface area contributed by atoms with Gasteiger partial charge < -0.3 is 4.74 Å². The van der Waals surface area contributed by atoms with Crippen LogP contribution in [0.25, 0.3) is 0 Å². The van der Waals surface area contributed by atoms with E-state index < -0.39 is 0 Å². The van der Waals surface area contributed by atoms with E-state index in [0.29, 0.717) is 12.8 Å². The van der Waals surface area contributed by atoms with Crippen LogP contribution < -0.4 is 14.4 Å². The SMILES string of the molecule is CCOc1ccccc1N1SCNC1Cc1ccccc1. The van der Waals surface area contributed by atoms with Gasteiger partial charge in [0.2, 0.25) is 0 Å². The number of hydrogen-bond acceptors (Lipinski definition) is 4. The number of nitrogens with zero attached hydrogens (tertiary/aromatic N) is 1. The van der Waals surface area contributed by atoms with Gasteiger partial charge in [0.05, 0.1) is 24.3 Å². The number of ether oxygens (including phenoxy) is 1. The van der Waals surface area contributed by atoms with Crippen molar-refractivity contribution in [3.8, 4) is 5.75 Å². The Balaban J connectivity index is 1.81. The second-order valence-corrected chi connectivity index (χ2v) is 5.85. The average molecular weight is 300 g/mol. The van der Waals surface area contributed by atoms with Crippen LogP contribution in [0.2, 0.25) is 0 Å². The minimum Gasteiger partial charge on any atom is -0.492 e. The molecule has 1 fully saturated rings. The lowest BCUT2D eigenvalue weighted by Gasteiger charge is -2.26. The molecule has 0 bridgehead atoms. The topological polar surface area (TPSA) is 24.5 Å². The van der Waals surface area contributed by atoms with Crippen molar-refractivity contribution in [2.75, 3.05) is 16.8 Å². The van der Waals surface area contributed by atoms with Crippen LogP contribution in [0.5, 0.6) is 5.75 Å². The van der Waals surface area contributed by atoms with E-state index in [1.54, 1.807) is 11.9 Å². The van der Waals surface area contributed by atoms with Gasteiger partial charge in [-0.15, -0.1) is 0 Å². The second-order valence-electron chi connectivity index (χ2n) is 4.91. The molecule has 4 heteroatoms.